The molecule has 0 bridgehead atoms. The van der Waals surface area contributed by atoms with Crippen molar-refractivity contribution in [3.63, 3.8) is 0 Å². The third-order valence-corrected chi connectivity index (χ3v) is 6.58. The number of aryl methyl sites for hydroxylation is 1. The van der Waals surface area contributed by atoms with Crippen LogP contribution in [0.25, 0.3) is 0 Å². The number of nitrogens with zero attached hydrogens (tertiary/aromatic N) is 3. The molecule has 1 N–H and O–H groups in total. The van der Waals surface area contributed by atoms with Crippen LogP contribution in [0.15, 0.2) is 54.7 Å². The van der Waals surface area contributed by atoms with E-state index in [2.05, 4.69) is 17.0 Å². The van der Waals surface area contributed by atoms with E-state index in [1.54, 1.807) is 30.1 Å². The van der Waals surface area contributed by atoms with Crippen LogP contribution < -0.4 is 4.74 Å². The number of aromatic carboxylic acids is 1. The fraction of sp³-hybridized carbons (Fsp3) is 0.280. The summed E-state index contributed by atoms with van der Waals surface area (Å²) in [6.07, 6.45) is 1.52. The Morgan fingerprint density at radius 3 is 2.32 bits per heavy atom. The number of carbonyl (C=O) groups excluding carboxylic acids is 1. The number of amides is 1. The van der Waals surface area contributed by atoms with Gasteiger partial charge in [-0.1, -0.05) is 59.6 Å². The van der Waals surface area contributed by atoms with E-state index in [1.807, 2.05) is 18.2 Å². The van der Waals surface area contributed by atoms with E-state index in [9.17, 15) is 14.7 Å². The Kier molecular flexibility index (Phi) is 7.46. The Morgan fingerprint density at radius 1 is 0.971 bits per heavy atom. The molecule has 1 fully saturated rings. The fourth-order valence-electron chi connectivity index (χ4n) is 4.06. The number of carboxylic acids is 1. The number of benzene rings is 2. The van der Waals surface area contributed by atoms with Crippen LogP contribution >= 0.6 is 23.2 Å². The van der Waals surface area contributed by atoms with E-state index < -0.39 is 5.97 Å². The van der Waals surface area contributed by atoms with Crippen LogP contribution in [0.4, 0.5) is 0 Å². The van der Waals surface area contributed by atoms with Gasteiger partial charge in [0, 0.05) is 46.0 Å². The summed E-state index contributed by atoms with van der Waals surface area (Å²) in [5, 5.41) is 10.5. The molecular weight excluding hydrogens is 477 g/mol. The topological polar surface area (TPSA) is 75.0 Å². The zero-order valence-corrected chi connectivity index (χ0v) is 20.2. The second-order valence-electron chi connectivity index (χ2n) is 8.23. The molecule has 9 heteroatoms. The average molecular weight is 502 g/mol. The summed E-state index contributed by atoms with van der Waals surface area (Å²) in [6, 6.07) is 15.2. The SMILES string of the molecule is Cn1cc(C(=O)N2CCN(Cc3ccccc3)CC2)c(OCc2ccc(Cl)c(Cl)c2)c1C(=O)O. The highest BCUT2D eigenvalue weighted by Crippen LogP contribution is 2.30. The molecule has 0 aliphatic carbocycles. The van der Waals surface area contributed by atoms with Crippen molar-refractivity contribution in [2.45, 2.75) is 13.2 Å². The van der Waals surface area contributed by atoms with E-state index >= 15 is 0 Å². The first-order valence-corrected chi connectivity index (χ1v) is 11.6. The minimum Gasteiger partial charge on any atom is -0.486 e. The lowest BCUT2D eigenvalue weighted by atomic mass is 10.1. The molecular formula is C25H25Cl2N3O4. The number of hydrogen-bond donors (Lipinski definition) is 1. The highest BCUT2D eigenvalue weighted by molar-refractivity contribution is 6.42. The standard InChI is InChI=1S/C25H25Cl2N3O4/c1-28-15-19(23(22(28)25(32)33)34-16-18-7-8-20(26)21(27)13-18)24(31)30-11-9-29(10-12-30)14-17-5-3-2-4-6-17/h2-8,13,15H,9-12,14,16H2,1H3,(H,32,33). The highest BCUT2D eigenvalue weighted by atomic mass is 35.5. The number of ether oxygens (including phenoxy) is 1. The highest BCUT2D eigenvalue weighted by Gasteiger charge is 2.30. The van der Waals surface area contributed by atoms with E-state index in [0.717, 1.165) is 19.6 Å². The van der Waals surface area contributed by atoms with Gasteiger partial charge in [-0.2, -0.15) is 0 Å². The first-order valence-electron chi connectivity index (χ1n) is 10.9. The van der Waals surface area contributed by atoms with Gasteiger partial charge in [0.25, 0.3) is 5.91 Å². The maximum atomic E-state index is 13.4. The second-order valence-corrected chi connectivity index (χ2v) is 9.04. The van der Waals surface area contributed by atoms with Crippen LogP contribution in [0.1, 0.15) is 32.0 Å². The van der Waals surface area contributed by atoms with Gasteiger partial charge in [-0.3, -0.25) is 9.69 Å². The third kappa shape index (κ3) is 5.38. The van der Waals surface area contributed by atoms with E-state index in [0.29, 0.717) is 28.7 Å². The summed E-state index contributed by atoms with van der Waals surface area (Å²) in [6.45, 7) is 3.45. The lowest BCUT2D eigenvalue weighted by Gasteiger charge is -2.34. The van der Waals surface area contributed by atoms with Crippen molar-refractivity contribution in [2.75, 3.05) is 26.2 Å². The van der Waals surface area contributed by atoms with Crippen molar-refractivity contribution < 1.29 is 19.4 Å². The molecule has 178 valence electrons. The predicted molar refractivity (Wildman–Crippen MR) is 131 cm³/mol. The Bertz CT molecular complexity index is 1190. The zero-order valence-electron chi connectivity index (χ0n) is 18.7. The summed E-state index contributed by atoms with van der Waals surface area (Å²) in [5.74, 6) is -1.36. The van der Waals surface area contributed by atoms with Gasteiger partial charge in [0.05, 0.1) is 10.0 Å². The lowest BCUT2D eigenvalue weighted by molar-refractivity contribution is 0.0624. The summed E-state index contributed by atoms with van der Waals surface area (Å²) in [5.41, 5.74) is 2.10. The van der Waals surface area contributed by atoms with Crippen LogP contribution in [0.5, 0.6) is 5.75 Å². The minimum atomic E-state index is -1.17. The van der Waals surface area contributed by atoms with Crippen molar-refractivity contribution in [3.05, 3.63) is 87.2 Å². The molecule has 3 aromatic rings. The van der Waals surface area contributed by atoms with Crippen LogP contribution in [-0.4, -0.2) is 57.5 Å². The summed E-state index contributed by atoms with van der Waals surface area (Å²) in [7, 11) is 1.59. The van der Waals surface area contributed by atoms with Crippen molar-refractivity contribution in [1.82, 2.24) is 14.4 Å². The van der Waals surface area contributed by atoms with Crippen LogP contribution in [0, 0.1) is 0 Å². The van der Waals surface area contributed by atoms with Gasteiger partial charge in [-0.25, -0.2) is 4.79 Å². The van der Waals surface area contributed by atoms with Gasteiger partial charge in [-0.05, 0) is 23.3 Å². The molecule has 2 heterocycles. The number of carbonyl (C=O) groups is 2. The van der Waals surface area contributed by atoms with Gasteiger partial charge in [-0.15, -0.1) is 0 Å². The van der Waals surface area contributed by atoms with Crippen molar-refractivity contribution >= 4 is 35.1 Å². The number of carboxylic acid groups (broad SMARTS) is 1. The average Bonchev–Trinajstić information content (AvgIpc) is 3.16. The van der Waals surface area contributed by atoms with Crippen molar-refractivity contribution in [1.29, 1.82) is 0 Å². The molecule has 0 spiro atoms. The zero-order chi connectivity index (χ0) is 24.2. The quantitative estimate of drug-likeness (QED) is 0.513. The number of aromatic nitrogens is 1. The number of halogens is 2. The van der Waals surface area contributed by atoms with Gasteiger partial charge < -0.3 is 19.3 Å². The van der Waals surface area contributed by atoms with Crippen LogP contribution in [-0.2, 0) is 20.2 Å². The molecule has 0 radical (unpaired) electrons. The fourth-order valence-corrected chi connectivity index (χ4v) is 4.38. The minimum absolute atomic E-state index is 0.0479. The van der Waals surface area contributed by atoms with Crippen molar-refractivity contribution in [3.8, 4) is 5.75 Å². The van der Waals surface area contributed by atoms with Crippen LogP contribution in [0.2, 0.25) is 10.0 Å². The van der Waals surface area contributed by atoms with E-state index in [-0.39, 0.29) is 29.5 Å². The third-order valence-electron chi connectivity index (χ3n) is 5.84. The van der Waals surface area contributed by atoms with Gasteiger partial charge in [0.15, 0.2) is 11.4 Å². The molecule has 2 aromatic carbocycles. The predicted octanol–water partition coefficient (Wildman–Crippen LogP) is 4.57. The number of hydrogen-bond acceptors (Lipinski definition) is 4. The monoisotopic (exact) mass is 501 g/mol. The number of piperazine rings is 1. The molecule has 7 nitrogen and oxygen atoms in total. The molecule has 1 aliphatic rings. The Morgan fingerprint density at radius 2 is 1.68 bits per heavy atom. The van der Waals surface area contributed by atoms with E-state index in [4.69, 9.17) is 27.9 Å². The number of rotatable bonds is 7. The van der Waals surface area contributed by atoms with E-state index in [1.165, 1.54) is 16.3 Å². The molecule has 1 saturated heterocycles. The first kappa shape index (κ1) is 24.1. The first-order chi connectivity index (χ1) is 16.3. The molecule has 4 rings (SSSR count). The Hall–Kier alpha value is -3.00. The van der Waals surface area contributed by atoms with Gasteiger partial charge >= 0.3 is 5.97 Å². The molecule has 0 unspecified atom stereocenters. The summed E-state index contributed by atoms with van der Waals surface area (Å²) < 4.78 is 7.29. The Labute approximate surface area is 208 Å². The maximum absolute atomic E-state index is 13.4. The molecule has 1 aliphatic heterocycles. The maximum Gasteiger partial charge on any atom is 0.356 e. The smallest absolute Gasteiger partial charge is 0.356 e. The summed E-state index contributed by atoms with van der Waals surface area (Å²) >= 11 is 12.0. The summed E-state index contributed by atoms with van der Waals surface area (Å²) in [4.78, 5) is 29.3. The molecule has 34 heavy (non-hydrogen) atoms. The normalized spacial score (nSPS) is 14.3. The van der Waals surface area contributed by atoms with Gasteiger partial charge in [0.2, 0.25) is 0 Å². The molecule has 0 saturated carbocycles. The molecule has 1 aromatic heterocycles. The molecule has 0 atom stereocenters. The lowest BCUT2D eigenvalue weighted by Crippen LogP contribution is -2.48. The molecule has 1 amide bonds. The van der Waals surface area contributed by atoms with Crippen LogP contribution in [0.3, 0.4) is 0 Å². The second kappa shape index (κ2) is 10.5. The van der Waals surface area contributed by atoms with Crippen molar-refractivity contribution in [2.24, 2.45) is 7.05 Å². The van der Waals surface area contributed by atoms with Gasteiger partial charge in [0.1, 0.15) is 12.2 Å². The Balaban J connectivity index is 1.48. The largest absolute Gasteiger partial charge is 0.486 e.